The van der Waals surface area contributed by atoms with Crippen molar-refractivity contribution in [2.45, 2.75) is 90.4 Å². The number of ether oxygens (including phenoxy) is 1. The largest absolute Gasteiger partial charge is 0.526 e. The minimum Gasteiger partial charge on any atom is -0.386 e. The summed E-state index contributed by atoms with van der Waals surface area (Å²) in [6.45, 7) is 4.12. The van der Waals surface area contributed by atoms with Gasteiger partial charge in [0, 0.05) is 43.5 Å². The number of aliphatic hydroxyl groups excluding tert-OH is 2. The number of hydrogen-bond donors (Lipinski definition) is 11. The molecule has 2 aromatic rings. The Morgan fingerprint density at radius 3 is 2.16 bits per heavy atom. The average Bonchev–Trinajstić information content (AvgIpc) is 3.71. The third kappa shape index (κ3) is 20.1. The van der Waals surface area contributed by atoms with E-state index in [-0.39, 0.29) is 48.0 Å². The number of nitrogens with zero attached hydrogens (tertiary/aromatic N) is 4. The van der Waals surface area contributed by atoms with Gasteiger partial charge in [-0.2, -0.15) is 4.31 Å². The second-order valence-corrected chi connectivity index (χ2v) is 20.3. The molecule has 3 heterocycles. The highest BCUT2D eigenvalue weighted by atomic mass is 32.2. The van der Waals surface area contributed by atoms with Crippen molar-refractivity contribution in [3.05, 3.63) is 12.7 Å². The molecule has 2 unspecified atom stereocenters. The van der Waals surface area contributed by atoms with Crippen LogP contribution < -0.4 is 16.4 Å². The molecule has 1 aliphatic heterocycles. The van der Waals surface area contributed by atoms with E-state index < -0.39 is 98.3 Å². The summed E-state index contributed by atoms with van der Waals surface area (Å²) in [6.07, 6.45) is -5.18. The number of aliphatic hydroxyl groups is 2. The number of hydrogen-bond acceptors (Lipinski definition) is 21. The lowest BCUT2D eigenvalue weighted by atomic mass is 9.87. The molecule has 1 fully saturated rings. The van der Waals surface area contributed by atoms with E-state index in [0.717, 1.165) is 35.4 Å². The zero-order chi connectivity index (χ0) is 48.0. The van der Waals surface area contributed by atoms with Gasteiger partial charge in [0.25, 0.3) is 0 Å². The molecule has 63 heavy (non-hydrogen) atoms. The topological polar surface area (TPSA) is 447 Å². The van der Waals surface area contributed by atoms with Gasteiger partial charge in [0.05, 0.1) is 19.5 Å². The van der Waals surface area contributed by atoms with Crippen LogP contribution in [0.5, 0.6) is 0 Å². The van der Waals surface area contributed by atoms with Gasteiger partial charge in [0.1, 0.15) is 36.3 Å². The number of carbonyl (C=O) groups excluding carboxylic acids is 4. The van der Waals surface area contributed by atoms with Gasteiger partial charge >= 0.3 is 37.3 Å². The Kier molecular flexibility index (Phi) is 22.0. The molecule has 360 valence electrons. The van der Waals surface area contributed by atoms with E-state index in [0.29, 0.717) is 18.6 Å². The number of carbonyl (C=O) groups is 4. The van der Waals surface area contributed by atoms with Gasteiger partial charge in [-0.25, -0.2) is 33.2 Å². The number of nitrogens with two attached hydrogens (primary N) is 1. The fourth-order valence-corrected chi connectivity index (χ4v) is 8.92. The van der Waals surface area contributed by atoms with Gasteiger partial charge in [-0.3, -0.25) is 47.1 Å². The SMILES string of the molecule is CCCC(=O)OP(=O)(O)O.CCCC(=O)SCCNC(=O)CCNC(=O)[C@H](O)C(C)(C)COP(=O)(O)OP(=O)(O)OC[C@H]1O[C@@H](n2cnc3c(N)ncnc32)[C@H](O)[C@@H]1OP(=O)(O)O. The van der Waals surface area contributed by atoms with Crippen LogP contribution in [0.1, 0.15) is 66.0 Å². The molecule has 34 heteroatoms. The summed E-state index contributed by atoms with van der Waals surface area (Å²) < 4.78 is 75.6. The summed E-state index contributed by atoms with van der Waals surface area (Å²) in [6, 6.07) is 0. The van der Waals surface area contributed by atoms with E-state index in [1.807, 2.05) is 6.92 Å². The molecule has 1 aliphatic rings. The summed E-state index contributed by atoms with van der Waals surface area (Å²) in [5.74, 6) is -1.92. The Balaban J connectivity index is 0.00000121. The average molecular weight is 1010 g/mol. The molecule has 0 bridgehead atoms. The number of phosphoric acid groups is 4. The molecular formula is C29H51N7O22P4S. The predicted molar refractivity (Wildman–Crippen MR) is 215 cm³/mol. The second-order valence-electron chi connectivity index (χ2n) is 13.7. The maximum Gasteiger partial charge on any atom is 0.526 e. The van der Waals surface area contributed by atoms with Crippen molar-refractivity contribution >= 4 is 82.9 Å². The van der Waals surface area contributed by atoms with Crippen LogP contribution in [0.3, 0.4) is 0 Å². The molecule has 2 amide bonds. The Morgan fingerprint density at radius 1 is 0.921 bits per heavy atom. The molecular weight excluding hydrogens is 954 g/mol. The van der Waals surface area contributed by atoms with E-state index in [1.54, 1.807) is 6.92 Å². The Morgan fingerprint density at radius 2 is 1.56 bits per heavy atom. The molecule has 0 spiro atoms. The normalized spacial score (nSPS) is 20.4. The van der Waals surface area contributed by atoms with Gasteiger partial charge in [-0.05, 0) is 12.8 Å². The van der Waals surface area contributed by atoms with Gasteiger partial charge in [-0.15, -0.1) is 0 Å². The summed E-state index contributed by atoms with van der Waals surface area (Å²) in [7, 11) is -21.0. The standard InChI is InChI=1S/C25H42N7O17P3S.C4H9O5P/c1-4-5-16(34)53-9-8-27-15(33)6-7-28-23(37)20(36)25(2,3)11-46-52(43,44)49-51(41,42)45-10-14-19(48-50(38,39)40)18(35)24(47-14)32-13-31-17-21(26)29-12-30-22(17)32;1-2-3-4(5)9-10(6,7)8/h12-14,18-20,24,35-36H,4-11H2,1-3H3,(H,27,33)(H,28,37)(H,41,42)(H,43,44)(H2,26,29,30)(H2,38,39,40);2-3H2,1H3,(H2,6,7,8)/t14-,18-,19-,20+,24-;/m1./s1. The van der Waals surface area contributed by atoms with Crippen molar-refractivity contribution in [2.24, 2.45) is 5.41 Å². The number of nitrogen functional groups attached to an aromatic ring is 1. The van der Waals surface area contributed by atoms with Crippen LogP contribution in [0.25, 0.3) is 11.2 Å². The number of nitrogens with one attached hydrogen (secondary N) is 2. The summed E-state index contributed by atoms with van der Waals surface area (Å²) in [5.41, 5.74) is 4.27. The van der Waals surface area contributed by atoms with Crippen LogP contribution in [0.15, 0.2) is 12.7 Å². The molecule has 12 N–H and O–H groups in total. The number of aromatic nitrogens is 4. The van der Waals surface area contributed by atoms with Crippen LogP contribution >= 0.6 is 43.1 Å². The maximum atomic E-state index is 12.6. The highest BCUT2D eigenvalue weighted by molar-refractivity contribution is 8.13. The van der Waals surface area contributed by atoms with Gasteiger partial charge < -0.3 is 55.4 Å². The van der Waals surface area contributed by atoms with E-state index >= 15 is 0 Å². The molecule has 0 saturated carbocycles. The van der Waals surface area contributed by atoms with E-state index in [1.165, 1.54) is 13.8 Å². The second kappa shape index (κ2) is 24.6. The number of rotatable bonds is 24. The van der Waals surface area contributed by atoms with Gasteiger partial charge in [0.2, 0.25) is 11.8 Å². The van der Waals surface area contributed by atoms with Crippen molar-refractivity contribution in [2.75, 3.05) is 37.8 Å². The van der Waals surface area contributed by atoms with Crippen LogP contribution in [-0.2, 0) is 64.6 Å². The fourth-order valence-electron chi connectivity index (χ4n) is 4.95. The number of thioether (sulfide) groups is 1. The third-order valence-corrected chi connectivity index (χ3v) is 12.4. The van der Waals surface area contributed by atoms with E-state index in [9.17, 15) is 67.2 Å². The number of fused-ring (bicyclic) bond motifs is 1. The number of imidazole rings is 1. The quantitative estimate of drug-likeness (QED) is 0.0482. The van der Waals surface area contributed by atoms with Crippen molar-refractivity contribution in [1.82, 2.24) is 30.2 Å². The molecule has 7 atom stereocenters. The number of anilines is 1. The third-order valence-electron chi connectivity index (χ3n) is 7.89. The fraction of sp³-hybridized carbons (Fsp3) is 0.690. The Bertz CT molecular complexity index is 2070. The first-order valence-corrected chi connectivity index (χ1v) is 25.4. The molecule has 0 radical (unpaired) electrons. The minimum atomic E-state index is -5.56. The van der Waals surface area contributed by atoms with Crippen molar-refractivity contribution in [1.29, 1.82) is 0 Å². The first-order valence-electron chi connectivity index (χ1n) is 18.3. The molecule has 2 aromatic heterocycles. The van der Waals surface area contributed by atoms with Gasteiger partial charge in [0.15, 0.2) is 22.8 Å². The Hall–Kier alpha value is -2.82. The van der Waals surface area contributed by atoms with Crippen molar-refractivity contribution in [3.8, 4) is 0 Å². The zero-order valence-corrected chi connectivity index (χ0v) is 38.4. The monoisotopic (exact) mass is 1010 g/mol. The summed E-state index contributed by atoms with van der Waals surface area (Å²) in [5, 5.41) is 26.3. The molecule has 0 aliphatic carbocycles. The van der Waals surface area contributed by atoms with Crippen LogP contribution in [-0.4, -0.2) is 138 Å². The van der Waals surface area contributed by atoms with Crippen molar-refractivity contribution in [3.63, 3.8) is 0 Å². The lowest BCUT2D eigenvalue weighted by Crippen LogP contribution is -2.46. The summed E-state index contributed by atoms with van der Waals surface area (Å²) in [4.78, 5) is 113. The Labute approximate surface area is 362 Å². The molecule has 0 aromatic carbocycles. The van der Waals surface area contributed by atoms with Crippen molar-refractivity contribution < 1.29 is 104 Å². The molecule has 1 saturated heterocycles. The molecule has 3 rings (SSSR count). The number of phosphoric ester groups is 4. The smallest absolute Gasteiger partial charge is 0.386 e. The minimum absolute atomic E-state index is 0.0127. The lowest BCUT2D eigenvalue weighted by molar-refractivity contribution is -0.137. The van der Waals surface area contributed by atoms with Crippen LogP contribution in [0.4, 0.5) is 5.82 Å². The highest BCUT2D eigenvalue weighted by Crippen LogP contribution is 2.61. The summed E-state index contributed by atoms with van der Waals surface area (Å²) >= 11 is 1.09. The zero-order valence-electron chi connectivity index (χ0n) is 34.0. The molecule has 29 nitrogen and oxygen atoms in total. The van der Waals surface area contributed by atoms with Crippen LogP contribution in [0, 0.1) is 5.41 Å². The van der Waals surface area contributed by atoms with Crippen LogP contribution in [0.2, 0.25) is 0 Å². The first kappa shape index (κ1) is 56.3. The van der Waals surface area contributed by atoms with E-state index in [2.05, 4.69) is 38.9 Å². The highest BCUT2D eigenvalue weighted by Gasteiger charge is 2.50. The lowest BCUT2D eigenvalue weighted by Gasteiger charge is -2.30. The first-order chi connectivity index (χ1) is 29.0. The van der Waals surface area contributed by atoms with E-state index in [4.69, 9.17) is 29.3 Å². The predicted octanol–water partition coefficient (Wildman–Crippen LogP) is -0.113. The number of amides is 2. The van der Waals surface area contributed by atoms with Gasteiger partial charge in [-0.1, -0.05) is 39.5 Å². The maximum absolute atomic E-state index is 12.6.